The normalized spacial score (nSPS) is 11.2. The summed E-state index contributed by atoms with van der Waals surface area (Å²) in [5, 5.41) is -0.249. The van der Waals surface area contributed by atoms with E-state index in [0.717, 1.165) is 5.56 Å². The van der Waals surface area contributed by atoms with Gasteiger partial charge >= 0.3 is 0 Å². The van der Waals surface area contributed by atoms with Gasteiger partial charge in [-0.05, 0) is 0 Å². The third-order valence-corrected chi connectivity index (χ3v) is 1.97. The molecule has 0 saturated carbocycles. The van der Waals surface area contributed by atoms with Crippen LogP contribution in [0, 0.1) is 0 Å². The predicted molar refractivity (Wildman–Crippen MR) is 53.4 cm³/mol. The van der Waals surface area contributed by atoms with Gasteiger partial charge in [0.2, 0.25) is 0 Å². The average molecular weight is 177 g/mol. The van der Waals surface area contributed by atoms with Crippen molar-refractivity contribution in [2.45, 2.75) is 18.9 Å². The molecular weight excluding hydrogens is 164 g/mol. The zero-order chi connectivity index (χ0) is 9.19. The van der Waals surface area contributed by atoms with E-state index in [0.29, 0.717) is 0 Å². The number of rotatable bonds is 2. The summed E-state index contributed by atoms with van der Waals surface area (Å²) >= 11 is 0. The molecule has 0 amide bonds. The fourth-order valence-electron chi connectivity index (χ4n) is 0.980. The van der Waals surface area contributed by atoms with E-state index in [1.165, 1.54) is 0 Å². The van der Waals surface area contributed by atoms with E-state index in [1.54, 1.807) is 10.2 Å². The van der Waals surface area contributed by atoms with Crippen LogP contribution in [0.4, 0.5) is 0 Å². The van der Waals surface area contributed by atoms with E-state index in [4.69, 9.17) is 0 Å². The van der Waals surface area contributed by atoms with Gasteiger partial charge in [-0.25, -0.2) is 0 Å². The van der Waals surface area contributed by atoms with Gasteiger partial charge in [-0.1, -0.05) is 44.2 Å². The molecular formula is C10H13OSi. The predicted octanol–water partition coefficient (Wildman–Crippen LogP) is 1.70. The average Bonchev–Trinajstić information content (AvgIpc) is 2.03. The molecule has 0 atom stereocenters. The molecule has 1 aromatic carbocycles. The molecule has 2 heteroatoms. The Balaban J connectivity index is 2.94. The van der Waals surface area contributed by atoms with Gasteiger partial charge in [-0.15, -0.1) is 0 Å². The van der Waals surface area contributed by atoms with Gasteiger partial charge in [-0.2, -0.15) is 0 Å². The first-order valence-corrected chi connectivity index (χ1v) is 4.68. The van der Waals surface area contributed by atoms with Crippen molar-refractivity contribution in [3.8, 4) is 0 Å². The van der Waals surface area contributed by atoms with Gasteiger partial charge < -0.3 is 0 Å². The Bertz CT molecular complexity index is 272. The minimum absolute atomic E-state index is 0.210. The van der Waals surface area contributed by atoms with Crippen LogP contribution in [-0.4, -0.2) is 16.0 Å². The molecule has 1 rings (SSSR count). The number of benzene rings is 1. The van der Waals surface area contributed by atoms with Crippen molar-refractivity contribution in [1.82, 2.24) is 0 Å². The van der Waals surface area contributed by atoms with Crippen LogP contribution in [0.1, 0.15) is 24.2 Å². The fraction of sp³-hybridized carbons (Fsp3) is 0.300. The second kappa shape index (κ2) is 3.23. The van der Waals surface area contributed by atoms with Crippen LogP contribution in [-0.2, 0) is 0 Å². The van der Waals surface area contributed by atoms with Crippen LogP contribution in [0.25, 0.3) is 0 Å². The quantitative estimate of drug-likeness (QED) is 0.496. The van der Waals surface area contributed by atoms with Gasteiger partial charge in [0.05, 0.1) is 0 Å². The Kier molecular flexibility index (Phi) is 2.48. The molecule has 1 radical (unpaired) electrons. The molecule has 63 valence electrons. The van der Waals surface area contributed by atoms with Gasteiger partial charge in [0.15, 0.2) is 5.78 Å². The van der Waals surface area contributed by atoms with Crippen molar-refractivity contribution in [1.29, 1.82) is 0 Å². The first kappa shape index (κ1) is 9.20. The number of ketones is 1. The van der Waals surface area contributed by atoms with E-state index >= 15 is 0 Å². The summed E-state index contributed by atoms with van der Waals surface area (Å²) in [6.45, 7) is 3.89. The van der Waals surface area contributed by atoms with E-state index in [2.05, 4.69) is 0 Å². The third kappa shape index (κ3) is 2.05. The molecule has 1 aromatic rings. The largest absolute Gasteiger partial charge is 0.294 e. The molecule has 0 spiro atoms. The van der Waals surface area contributed by atoms with Crippen LogP contribution in [0.3, 0.4) is 0 Å². The molecule has 12 heavy (non-hydrogen) atoms. The molecule has 0 N–H and O–H groups in total. The summed E-state index contributed by atoms with van der Waals surface area (Å²) in [4.78, 5) is 11.7. The van der Waals surface area contributed by atoms with E-state index in [1.807, 2.05) is 44.2 Å². The van der Waals surface area contributed by atoms with Gasteiger partial charge in [0, 0.05) is 20.8 Å². The lowest BCUT2D eigenvalue weighted by molar-refractivity contribution is 0.0949. The Morgan fingerprint density at radius 1 is 1.25 bits per heavy atom. The summed E-state index contributed by atoms with van der Waals surface area (Å²) < 4.78 is 0. The minimum atomic E-state index is -0.249. The molecule has 0 aliphatic rings. The van der Waals surface area contributed by atoms with Crippen molar-refractivity contribution in [3.63, 3.8) is 0 Å². The molecule has 0 saturated heterocycles. The maximum Gasteiger partial charge on any atom is 0.164 e. The molecule has 0 heterocycles. The monoisotopic (exact) mass is 177 g/mol. The van der Waals surface area contributed by atoms with Crippen LogP contribution in [0.2, 0.25) is 5.04 Å². The van der Waals surface area contributed by atoms with Crippen molar-refractivity contribution >= 4 is 16.0 Å². The molecule has 1 nitrogen and oxygen atoms in total. The van der Waals surface area contributed by atoms with Gasteiger partial charge in [-0.3, -0.25) is 4.79 Å². The van der Waals surface area contributed by atoms with E-state index < -0.39 is 0 Å². The molecule has 0 aromatic heterocycles. The lowest BCUT2D eigenvalue weighted by atomic mass is 10.0. The maximum atomic E-state index is 11.7. The summed E-state index contributed by atoms with van der Waals surface area (Å²) in [7, 11) is 1.73. The number of Topliss-reactive ketones (excluding diaryl/α,β-unsaturated/α-hetero) is 1. The second-order valence-electron chi connectivity index (χ2n) is 3.58. The van der Waals surface area contributed by atoms with Crippen molar-refractivity contribution in [2.75, 3.05) is 0 Å². The Morgan fingerprint density at radius 3 is 2.17 bits per heavy atom. The van der Waals surface area contributed by atoms with Crippen LogP contribution in [0.15, 0.2) is 30.3 Å². The lowest BCUT2D eigenvalue weighted by Crippen LogP contribution is -2.16. The van der Waals surface area contributed by atoms with Gasteiger partial charge in [0.1, 0.15) is 0 Å². The number of hydrogen-bond donors (Lipinski definition) is 0. The second-order valence-corrected chi connectivity index (χ2v) is 5.35. The highest BCUT2D eigenvalue weighted by Crippen LogP contribution is 2.24. The first-order chi connectivity index (χ1) is 5.52. The first-order valence-electron chi connectivity index (χ1n) is 3.97. The summed E-state index contributed by atoms with van der Waals surface area (Å²) in [6, 6.07) is 9.42. The summed E-state index contributed by atoms with van der Waals surface area (Å²) in [6.07, 6.45) is 0. The smallest absolute Gasteiger partial charge is 0.164 e. The molecule has 0 aliphatic carbocycles. The number of carbonyl (C=O) groups excluding carboxylic acids is 1. The molecule has 0 fully saturated rings. The third-order valence-electron chi connectivity index (χ3n) is 1.65. The minimum Gasteiger partial charge on any atom is -0.294 e. The zero-order valence-corrected chi connectivity index (χ0v) is 8.92. The van der Waals surface area contributed by atoms with Gasteiger partial charge in [0.25, 0.3) is 0 Å². The molecule has 0 unspecified atom stereocenters. The van der Waals surface area contributed by atoms with Crippen molar-refractivity contribution in [3.05, 3.63) is 35.9 Å². The molecule has 0 aliphatic heterocycles. The van der Waals surface area contributed by atoms with Crippen LogP contribution < -0.4 is 0 Å². The number of carbonyl (C=O) groups is 1. The van der Waals surface area contributed by atoms with E-state index in [-0.39, 0.29) is 10.8 Å². The van der Waals surface area contributed by atoms with Crippen LogP contribution >= 0.6 is 0 Å². The zero-order valence-electron chi connectivity index (χ0n) is 7.50. The summed E-state index contributed by atoms with van der Waals surface area (Å²) in [5.74, 6) is 0.210. The highest BCUT2D eigenvalue weighted by atomic mass is 28.1. The lowest BCUT2D eigenvalue weighted by Gasteiger charge is -2.15. The Labute approximate surface area is 76.2 Å². The Morgan fingerprint density at radius 2 is 1.75 bits per heavy atom. The maximum absolute atomic E-state index is 11.7. The topological polar surface area (TPSA) is 17.1 Å². The number of hydrogen-bond acceptors (Lipinski definition) is 1. The highest BCUT2D eigenvalue weighted by Gasteiger charge is 2.21. The van der Waals surface area contributed by atoms with Crippen LogP contribution in [0.5, 0.6) is 0 Å². The summed E-state index contributed by atoms with van der Waals surface area (Å²) in [5.41, 5.74) is 0.803. The fourth-order valence-corrected chi connectivity index (χ4v) is 1.18. The molecule has 0 bridgehead atoms. The standard InChI is InChI=1S/C10H13OSi/c1-10(2,12)9(11)8-6-4-3-5-7-8/h3-7H,12H2,1-2H3. The SMILES string of the molecule is CC(C)([SiH2])C(=O)c1ccccc1. The van der Waals surface area contributed by atoms with E-state index in [9.17, 15) is 4.79 Å². The van der Waals surface area contributed by atoms with Crippen molar-refractivity contribution in [2.24, 2.45) is 0 Å². The van der Waals surface area contributed by atoms with Crippen molar-refractivity contribution < 1.29 is 4.79 Å². The Hall–Kier alpha value is -0.893. The highest BCUT2D eigenvalue weighted by molar-refractivity contribution is 6.31.